The summed E-state index contributed by atoms with van der Waals surface area (Å²) in [7, 11) is 1.33. The van der Waals surface area contributed by atoms with Gasteiger partial charge in [0.1, 0.15) is 5.69 Å². The van der Waals surface area contributed by atoms with Crippen molar-refractivity contribution < 1.29 is 14.3 Å². The molecule has 2 aromatic carbocycles. The molecule has 1 aromatic heterocycles. The molecule has 1 fully saturated rings. The van der Waals surface area contributed by atoms with Crippen LogP contribution in [0.15, 0.2) is 53.0 Å². The minimum atomic E-state index is -0.510. The average Bonchev–Trinajstić information content (AvgIpc) is 3.12. The van der Waals surface area contributed by atoms with Crippen molar-refractivity contribution in [1.29, 1.82) is 0 Å². The number of fused-ring (bicyclic) bond motifs is 1. The molecular weight excluding hydrogens is 458 g/mol. The summed E-state index contributed by atoms with van der Waals surface area (Å²) in [6.07, 6.45) is 3.25. The van der Waals surface area contributed by atoms with E-state index in [2.05, 4.69) is 55.4 Å². The van der Waals surface area contributed by atoms with E-state index in [-0.39, 0.29) is 11.6 Å². The summed E-state index contributed by atoms with van der Waals surface area (Å²) in [5.74, 6) is 0.00972. The van der Waals surface area contributed by atoms with Gasteiger partial charge in [-0.1, -0.05) is 46.3 Å². The van der Waals surface area contributed by atoms with Gasteiger partial charge in [-0.15, -0.1) is 0 Å². The number of amides is 1. The quantitative estimate of drug-likeness (QED) is 0.502. The summed E-state index contributed by atoms with van der Waals surface area (Å²) in [5.41, 5.74) is 2.86. The number of rotatable bonds is 6. The number of aromatic amines is 1. The summed E-state index contributed by atoms with van der Waals surface area (Å²) in [6.45, 7) is 2.10. The molecular formula is C24H26BrN3O3. The second kappa shape index (κ2) is 9.66. The van der Waals surface area contributed by atoms with E-state index < -0.39 is 5.97 Å². The van der Waals surface area contributed by atoms with Crippen LogP contribution < -0.4 is 5.32 Å². The van der Waals surface area contributed by atoms with Gasteiger partial charge in [0, 0.05) is 15.4 Å². The Morgan fingerprint density at radius 3 is 2.61 bits per heavy atom. The summed E-state index contributed by atoms with van der Waals surface area (Å²) >= 11 is 3.45. The predicted molar refractivity (Wildman–Crippen MR) is 125 cm³/mol. The molecule has 4 rings (SSSR count). The van der Waals surface area contributed by atoms with Crippen LogP contribution in [0.1, 0.15) is 28.9 Å². The summed E-state index contributed by atoms with van der Waals surface area (Å²) in [4.78, 5) is 30.3. The Kier molecular flexibility index (Phi) is 6.73. The number of carbonyl (C=O) groups excluding carboxylic acids is 2. The van der Waals surface area contributed by atoms with Gasteiger partial charge in [-0.3, -0.25) is 9.69 Å². The van der Waals surface area contributed by atoms with Gasteiger partial charge in [0.05, 0.1) is 19.3 Å². The Balaban J connectivity index is 1.39. The molecule has 7 heteroatoms. The lowest BCUT2D eigenvalue weighted by atomic mass is 9.90. The number of likely N-dealkylation sites (tertiary alicyclic amines) is 1. The standard InChI is InChI=1S/C24H26BrN3O3/c1-31-24(30)23-22(19-14-18(25)7-8-20(19)26-23)27-21(29)15-28-11-9-17(10-12-28)13-16-5-3-2-4-6-16/h2-8,14,17,26H,9-13,15H2,1H3,(H,27,29). The third-order valence-electron chi connectivity index (χ3n) is 5.86. The van der Waals surface area contributed by atoms with E-state index in [1.807, 2.05) is 24.3 Å². The maximum atomic E-state index is 12.8. The number of carbonyl (C=O) groups is 2. The van der Waals surface area contributed by atoms with Crippen LogP contribution in [0.25, 0.3) is 10.9 Å². The second-order valence-corrected chi connectivity index (χ2v) is 8.93. The van der Waals surface area contributed by atoms with Gasteiger partial charge in [0.15, 0.2) is 0 Å². The fraction of sp³-hybridized carbons (Fsp3) is 0.333. The van der Waals surface area contributed by atoms with E-state index in [0.29, 0.717) is 18.2 Å². The minimum absolute atomic E-state index is 0.132. The first-order valence-electron chi connectivity index (χ1n) is 10.5. The molecule has 0 radical (unpaired) electrons. The van der Waals surface area contributed by atoms with E-state index in [0.717, 1.165) is 47.7 Å². The van der Waals surface area contributed by atoms with Crippen LogP contribution in [-0.4, -0.2) is 48.5 Å². The molecule has 6 nitrogen and oxygen atoms in total. The van der Waals surface area contributed by atoms with Gasteiger partial charge >= 0.3 is 5.97 Å². The molecule has 0 unspecified atom stereocenters. The molecule has 2 N–H and O–H groups in total. The largest absolute Gasteiger partial charge is 0.464 e. The number of ether oxygens (including phenoxy) is 1. The van der Waals surface area contributed by atoms with Crippen LogP contribution >= 0.6 is 15.9 Å². The highest BCUT2D eigenvalue weighted by Gasteiger charge is 2.24. The van der Waals surface area contributed by atoms with Crippen LogP contribution in [-0.2, 0) is 16.0 Å². The average molecular weight is 484 g/mol. The number of benzene rings is 2. The molecule has 0 atom stereocenters. The fourth-order valence-electron chi connectivity index (χ4n) is 4.23. The molecule has 3 aromatic rings. The normalized spacial score (nSPS) is 15.2. The van der Waals surface area contributed by atoms with Gasteiger partial charge in [0.2, 0.25) is 5.91 Å². The van der Waals surface area contributed by atoms with E-state index in [1.165, 1.54) is 12.7 Å². The Morgan fingerprint density at radius 2 is 1.90 bits per heavy atom. The van der Waals surface area contributed by atoms with Crippen LogP contribution in [0.3, 0.4) is 0 Å². The van der Waals surface area contributed by atoms with E-state index >= 15 is 0 Å². The number of hydrogen-bond acceptors (Lipinski definition) is 4. The number of aromatic nitrogens is 1. The summed E-state index contributed by atoms with van der Waals surface area (Å²) in [6, 6.07) is 16.2. The lowest BCUT2D eigenvalue weighted by molar-refractivity contribution is -0.117. The minimum Gasteiger partial charge on any atom is -0.464 e. The first kappa shape index (κ1) is 21.6. The van der Waals surface area contributed by atoms with Crippen molar-refractivity contribution in [3.8, 4) is 0 Å². The van der Waals surface area contributed by atoms with Crippen LogP contribution in [0.5, 0.6) is 0 Å². The van der Waals surface area contributed by atoms with Gasteiger partial charge in [-0.05, 0) is 62.0 Å². The Morgan fingerprint density at radius 1 is 1.16 bits per heavy atom. The van der Waals surface area contributed by atoms with E-state index in [9.17, 15) is 9.59 Å². The summed E-state index contributed by atoms with van der Waals surface area (Å²) < 4.78 is 5.75. The number of nitrogens with one attached hydrogen (secondary N) is 2. The lowest BCUT2D eigenvalue weighted by Gasteiger charge is -2.31. The number of halogens is 1. The van der Waals surface area contributed by atoms with Crippen molar-refractivity contribution in [2.75, 3.05) is 32.1 Å². The maximum Gasteiger partial charge on any atom is 0.356 e. The fourth-order valence-corrected chi connectivity index (χ4v) is 4.59. The number of anilines is 1. The molecule has 162 valence electrons. The highest BCUT2D eigenvalue weighted by molar-refractivity contribution is 9.10. The third-order valence-corrected chi connectivity index (χ3v) is 6.35. The molecule has 2 heterocycles. The van der Waals surface area contributed by atoms with Gasteiger partial charge in [-0.25, -0.2) is 4.79 Å². The first-order valence-corrected chi connectivity index (χ1v) is 11.3. The smallest absolute Gasteiger partial charge is 0.356 e. The molecule has 0 spiro atoms. The van der Waals surface area contributed by atoms with Crippen LogP contribution in [0.4, 0.5) is 5.69 Å². The lowest BCUT2D eigenvalue weighted by Crippen LogP contribution is -2.39. The number of esters is 1. The zero-order valence-corrected chi connectivity index (χ0v) is 19.1. The summed E-state index contributed by atoms with van der Waals surface area (Å²) in [5, 5.41) is 3.71. The molecule has 1 saturated heterocycles. The van der Waals surface area contributed by atoms with Crippen molar-refractivity contribution in [1.82, 2.24) is 9.88 Å². The topological polar surface area (TPSA) is 74.4 Å². The Bertz CT molecular complexity index is 1070. The molecule has 1 aliphatic heterocycles. The Hall–Kier alpha value is -2.64. The van der Waals surface area contributed by atoms with Gasteiger partial charge in [0.25, 0.3) is 0 Å². The zero-order valence-electron chi connectivity index (χ0n) is 17.5. The SMILES string of the molecule is COC(=O)c1[nH]c2ccc(Br)cc2c1NC(=O)CN1CCC(Cc2ccccc2)CC1. The first-order chi connectivity index (χ1) is 15.0. The van der Waals surface area contributed by atoms with Crippen molar-refractivity contribution in [2.24, 2.45) is 5.92 Å². The van der Waals surface area contributed by atoms with Crippen LogP contribution in [0.2, 0.25) is 0 Å². The number of nitrogens with zero attached hydrogens (tertiary/aromatic N) is 1. The van der Waals surface area contributed by atoms with Crippen molar-refractivity contribution in [3.63, 3.8) is 0 Å². The highest BCUT2D eigenvalue weighted by Crippen LogP contribution is 2.31. The highest BCUT2D eigenvalue weighted by atomic mass is 79.9. The third kappa shape index (κ3) is 5.17. The molecule has 0 bridgehead atoms. The van der Waals surface area contributed by atoms with Crippen LogP contribution in [0, 0.1) is 5.92 Å². The molecule has 31 heavy (non-hydrogen) atoms. The van der Waals surface area contributed by atoms with Crippen molar-refractivity contribution in [3.05, 3.63) is 64.3 Å². The van der Waals surface area contributed by atoms with E-state index in [4.69, 9.17) is 4.74 Å². The second-order valence-electron chi connectivity index (χ2n) is 8.01. The molecule has 0 saturated carbocycles. The number of methoxy groups -OCH3 is 1. The van der Waals surface area contributed by atoms with Gasteiger partial charge in [-0.2, -0.15) is 0 Å². The predicted octanol–water partition coefficient (Wildman–Crippen LogP) is 4.61. The number of piperidine rings is 1. The van der Waals surface area contributed by atoms with E-state index in [1.54, 1.807) is 0 Å². The molecule has 0 aliphatic carbocycles. The Labute approximate surface area is 190 Å². The maximum absolute atomic E-state index is 12.8. The molecule has 1 aliphatic rings. The van der Waals surface area contributed by atoms with Crippen molar-refractivity contribution in [2.45, 2.75) is 19.3 Å². The van der Waals surface area contributed by atoms with Gasteiger partial charge < -0.3 is 15.0 Å². The van der Waals surface area contributed by atoms with Crippen molar-refractivity contribution >= 4 is 44.4 Å². The zero-order chi connectivity index (χ0) is 21.8. The number of hydrogen-bond donors (Lipinski definition) is 2. The monoisotopic (exact) mass is 483 g/mol. The molecule has 1 amide bonds. The number of H-pyrrole nitrogens is 1.